The number of nitrogens with zero attached hydrogens (tertiary/aromatic N) is 4. The molecule has 0 unspecified atom stereocenters. The fourth-order valence-corrected chi connectivity index (χ4v) is 1.94. The van der Waals surface area contributed by atoms with Crippen LogP contribution in [0.5, 0.6) is 5.75 Å². The molecular formula is C15H13N5O2. The minimum atomic E-state index is -0.234. The highest BCUT2D eigenvalue weighted by molar-refractivity contribution is 5.87. The smallest absolute Gasteiger partial charge is 0.231 e. The summed E-state index contributed by atoms with van der Waals surface area (Å²) in [5.41, 5.74) is 2.62. The summed E-state index contributed by atoms with van der Waals surface area (Å²) < 4.78 is 5.13. The molecule has 3 rings (SSSR count). The zero-order valence-corrected chi connectivity index (χ0v) is 12.1. The third-order valence-electron chi connectivity index (χ3n) is 2.97. The maximum absolute atomic E-state index is 11.0. The molecule has 1 amide bonds. The lowest BCUT2D eigenvalue weighted by atomic mass is 10.1. The number of carbonyl (C=O) groups excluding carboxylic acids is 1. The number of benzene rings is 1. The van der Waals surface area contributed by atoms with Gasteiger partial charge in [-0.05, 0) is 24.3 Å². The number of hydrogen-bond acceptors (Lipinski definition) is 6. The van der Waals surface area contributed by atoms with Crippen molar-refractivity contribution in [3.05, 3.63) is 36.7 Å². The Morgan fingerprint density at radius 1 is 1.09 bits per heavy atom. The molecule has 2 aromatic heterocycles. The molecule has 0 aliphatic heterocycles. The van der Waals surface area contributed by atoms with E-state index in [2.05, 4.69) is 25.3 Å². The van der Waals surface area contributed by atoms with E-state index in [1.165, 1.54) is 13.1 Å². The summed E-state index contributed by atoms with van der Waals surface area (Å²) in [5.74, 6) is 0.759. The molecule has 0 aliphatic rings. The third-order valence-corrected chi connectivity index (χ3v) is 2.97. The zero-order chi connectivity index (χ0) is 15.5. The van der Waals surface area contributed by atoms with Crippen LogP contribution in [0.15, 0.2) is 36.7 Å². The van der Waals surface area contributed by atoms with Crippen molar-refractivity contribution in [2.24, 2.45) is 0 Å². The van der Waals surface area contributed by atoms with Crippen LogP contribution in [-0.2, 0) is 4.79 Å². The van der Waals surface area contributed by atoms with Crippen LogP contribution in [0.25, 0.3) is 22.4 Å². The Hall–Kier alpha value is -3.09. The van der Waals surface area contributed by atoms with Gasteiger partial charge in [0.15, 0.2) is 5.65 Å². The minimum Gasteiger partial charge on any atom is -0.497 e. The summed E-state index contributed by atoms with van der Waals surface area (Å²) in [4.78, 5) is 27.9. The van der Waals surface area contributed by atoms with Crippen LogP contribution in [-0.4, -0.2) is 33.0 Å². The highest BCUT2D eigenvalue weighted by Crippen LogP contribution is 2.21. The number of anilines is 1. The van der Waals surface area contributed by atoms with Crippen LogP contribution in [0.2, 0.25) is 0 Å². The molecule has 1 N–H and O–H groups in total. The van der Waals surface area contributed by atoms with E-state index < -0.39 is 0 Å². The van der Waals surface area contributed by atoms with Crippen LogP contribution in [0, 0.1) is 0 Å². The van der Waals surface area contributed by atoms with Gasteiger partial charge in [-0.3, -0.25) is 10.1 Å². The lowest BCUT2D eigenvalue weighted by Gasteiger charge is -2.05. The molecule has 0 fully saturated rings. The van der Waals surface area contributed by atoms with E-state index >= 15 is 0 Å². The molecule has 2 heterocycles. The Morgan fingerprint density at radius 2 is 1.86 bits per heavy atom. The molecule has 1 aromatic carbocycles. The minimum absolute atomic E-state index is 0.214. The molecule has 0 saturated carbocycles. The SMILES string of the molecule is COc1ccc(-c2cnc3nc(NC(C)=O)ncc3n2)cc1. The molecule has 3 aromatic rings. The van der Waals surface area contributed by atoms with Crippen LogP contribution in [0.1, 0.15) is 6.92 Å². The number of ether oxygens (including phenoxy) is 1. The predicted octanol–water partition coefficient (Wildman–Crippen LogP) is 2.05. The molecular weight excluding hydrogens is 282 g/mol. The molecule has 0 atom stereocenters. The number of fused-ring (bicyclic) bond motifs is 1. The van der Waals surface area contributed by atoms with Gasteiger partial charge in [0, 0.05) is 12.5 Å². The Bertz CT molecular complexity index is 833. The van der Waals surface area contributed by atoms with Crippen molar-refractivity contribution in [1.29, 1.82) is 0 Å². The summed E-state index contributed by atoms with van der Waals surface area (Å²) in [6, 6.07) is 7.53. The molecule has 7 nitrogen and oxygen atoms in total. The first-order valence-corrected chi connectivity index (χ1v) is 6.57. The van der Waals surface area contributed by atoms with Crippen LogP contribution >= 0.6 is 0 Å². The average molecular weight is 295 g/mol. The van der Waals surface area contributed by atoms with E-state index in [9.17, 15) is 4.79 Å². The Labute approximate surface area is 126 Å². The van der Waals surface area contributed by atoms with E-state index in [-0.39, 0.29) is 11.9 Å². The first kappa shape index (κ1) is 13.9. The van der Waals surface area contributed by atoms with E-state index in [4.69, 9.17) is 4.74 Å². The van der Waals surface area contributed by atoms with Gasteiger partial charge in [0.05, 0.1) is 25.2 Å². The number of hydrogen-bond donors (Lipinski definition) is 1. The van der Waals surface area contributed by atoms with E-state index in [1.807, 2.05) is 24.3 Å². The molecule has 0 radical (unpaired) electrons. The van der Waals surface area contributed by atoms with Crippen molar-refractivity contribution in [3.63, 3.8) is 0 Å². The van der Waals surface area contributed by atoms with Crippen molar-refractivity contribution >= 4 is 23.0 Å². The lowest BCUT2D eigenvalue weighted by molar-refractivity contribution is -0.114. The van der Waals surface area contributed by atoms with E-state index in [0.29, 0.717) is 16.9 Å². The van der Waals surface area contributed by atoms with Gasteiger partial charge in [-0.1, -0.05) is 0 Å². The van der Waals surface area contributed by atoms with E-state index in [1.54, 1.807) is 13.3 Å². The maximum atomic E-state index is 11.0. The maximum Gasteiger partial charge on any atom is 0.231 e. The molecule has 22 heavy (non-hydrogen) atoms. The lowest BCUT2D eigenvalue weighted by Crippen LogP contribution is -2.09. The molecule has 0 saturated heterocycles. The fraction of sp³-hybridized carbons (Fsp3) is 0.133. The standard InChI is InChI=1S/C15H13N5O2/c1-9(21)18-15-17-8-13-14(20-15)16-7-12(19-13)10-3-5-11(22-2)6-4-10/h3-8H,1-2H3,(H,16,17,18,20,21). The number of aromatic nitrogens is 4. The average Bonchev–Trinajstić information content (AvgIpc) is 2.54. The van der Waals surface area contributed by atoms with Gasteiger partial charge in [0.2, 0.25) is 11.9 Å². The predicted molar refractivity (Wildman–Crippen MR) is 81.4 cm³/mol. The fourth-order valence-electron chi connectivity index (χ4n) is 1.94. The summed E-state index contributed by atoms with van der Waals surface area (Å²) >= 11 is 0. The van der Waals surface area contributed by atoms with Crippen molar-refractivity contribution in [2.75, 3.05) is 12.4 Å². The molecule has 0 bridgehead atoms. The number of amides is 1. The number of nitrogens with one attached hydrogen (secondary N) is 1. The summed E-state index contributed by atoms with van der Waals surface area (Å²) in [6.45, 7) is 1.39. The van der Waals surface area contributed by atoms with Crippen molar-refractivity contribution in [1.82, 2.24) is 19.9 Å². The van der Waals surface area contributed by atoms with Crippen LogP contribution in [0.4, 0.5) is 5.95 Å². The van der Waals surface area contributed by atoms with Gasteiger partial charge >= 0.3 is 0 Å². The second kappa shape index (κ2) is 5.72. The largest absolute Gasteiger partial charge is 0.497 e. The molecule has 110 valence electrons. The second-order valence-corrected chi connectivity index (χ2v) is 4.57. The van der Waals surface area contributed by atoms with Gasteiger partial charge in [-0.25, -0.2) is 15.0 Å². The zero-order valence-electron chi connectivity index (χ0n) is 12.1. The van der Waals surface area contributed by atoms with E-state index in [0.717, 1.165) is 11.3 Å². The van der Waals surface area contributed by atoms with Gasteiger partial charge in [-0.15, -0.1) is 0 Å². The van der Waals surface area contributed by atoms with Crippen LogP contribution in [0.3, 0.4) is 0 Å². The number of rotatable bonds is 3. The Kier molecular flexibility index (Phi) is 3.61. The van der Waals surface area contributed by atoms with Gasteiger partial charge in [0.1, 0.15) is 11.3 Å². The summed E-state index contributed by atoms with van der Waals surface area (Å²) in [7, 11) is 1.62. The van der Waals surface area contributed by atoms with Gasteiger partial charge in [0.25, 0.3) is 0 Å². The summed E-state index contributed by atoms with van der Waals surface area (Å²) in [6.07, 6.45) is 3.17. The molecule has 0 spiro atoms. The highest BCUT2D eigenvalue weighted by Gasteiger charge is 2.06. The number of methoxy groups -OCH3 is 1. The molecule has 0 aliphatic carbocycles. The van der Waals surface area contributed by atoms with Gasteiger partial charge in [-0.2, -0.15) is 4.98 Å². The third kappa shape index (κ3) is 2.83. The van der Waals surface area contributed by atoms with Crippen molar-refractivity contribution in [2.45, 2.75) is 6.92 Å². The monoisotopic (exact) mass is 295 g/mol. The highest BCUT2D eigenvalue weighted by atomic mass is 16.5. The summed E-state index contributed by atoms with van der Waals surface area (Å²) in [5, 5.41) is 2.51. The first-order chi connectivity index (χ1) is 10.7. The van der Waals surface area contributed by atoms with Gasteiger partial charge < -0.3 is 4.74 Å². The number of carbonyl (C=O) groups is 1. The normalized spacial score (nSPS) is 10.5. The van der Waals surface area contributed by atoms with Crippen molar-refractivity contribution < 1.29 is 9.53 Å². The van der Waals surface area contributed by atoms with Crippen LogP contribution < -0.4 is 10.1 Å². The second-order valence-electron chi connectivity index (χ2n) is 4.57. The Balaban J connectivity index is 1.96. The Morgan fingerprint density at radius 3 is 2.55 bits per heavy atom. The molecule has 7 heteroatoms. The van der Waals surface area contributed by atoms with Crippen molar-refractivity contribution in [3.8, 4) is 17.0 Å². The topological polar surface area (TPSA) is 89.9 Å². The quantitative estimate of drug-likeness (QED) is 0.795. The first-order valence-electron chi connectivity index (χ1n) is 6.57.